The Morgan fingerprint density at radius 3 is 2.31 bits per heavy atom. The molecular formula is C14H22O2. The normalized spacial score (nSPS) is 14.9. The third kappa shape index (κ3) is 3.24. The predicted octanol–water partition coefficient (Wildman–Crippen LogP) is 2.89. The van der Waals surface area contributed by atoms with Crippen molar-refractivity contribution in [3.8, 4) is 5.75 Å². The Bertz CT molecular complexity index is 310. The first-order valence-electron chi connectivity index (χ1n) is 5.86. The fourth-order valence-electron chi connectivity index (χ4n) is 2.09. The molecule has 0 fully saturated rings. The van der Waals surface area contributed by atoms with Crippen LogP contribution in [-0.4, -0.2) is 18.3 Å². The van der Waals surface area contributed by atoms with Gasteiger partial charge in [0.2, 0.25) is 0 Å². The van der Waals surface area contributed by atoms with Crippen molar-refractivity contribution in [2.45, 2.75) is 33.3 Å². The molecule has 16 heavy (non-hydrogen) atoms. The van der Waals surface area contributed by atoms with Crippen molar-refractivity contribution < 1.29 is 9.84 Å². The number of aliphatic hydroxyl groups is 1. The molecular weight excluding hydrogens is 200 g/mol. The average molecular weight is 222 g/mol. The van der Waals surface area contributed by atoms with Crippen LogP contribution >= 0.6 is 0 Å². The van der Waals surface area contributed by atoms with Gasteiger partial charge in [0.1, 0.15) is 5.75 Å². The van der Waals surface area contributed by atoms with Gasteiger partial charge in [-0.05, 0) is 36.8 Å². The Morgan fingerprint density at radius 2 is 1.81 bits per heavy atom. The van der Waals surface area contributed by atoms with Gasteiger partial charge in [0, 0.05) is 0 Å². The lowest BCUT2D eigenvalue weighted by atomic mass is 9.85. The third-order valence-corrected chi connectivity index (χ3v) is 3.12. The van der Waals surface area contributed by atoms with E-state index in [2.05, 4.69) is 19.9 Å². The van der Waals surface area contributed by atoms with Crippen LogP contribution in [0.1, 0.15) is 26.3 Å². The summed E-state index contributed by atoms with van der Waals surface area (Å²) in [6.45, 7) is 6.15. The summed E-state index contributed by atoms with van der Waals surface area (Å²) in [6.07, 6.45) is 0.573. The second-order valence-electron chi connectivity index (χ2n) is 4.66. The molecule has 0 spiro atoms. The lowest BCUT2D eigenvalue weighted by Crippen LogP contribution is -2.24. The molecule has 1 rings (SSSR count). The van der Waals surface area contributed by atoms with Gasteiger partial charge in [0.05, 0.1) is 13.2 Å². The monoisotopic (exact) mass is 222 g/mol. The van der Waals surface area contributed by atoms with Gasteiger partial charge in [-0.2, -0.15) is 0 Å². The first-order chi connectivity index (χ1) is 7.56. The topological polar surface area (TPSA) is 29.5 Å². The number of aliphatic hydroxyl groups excluding tert-OH is 1. The maximum atomic E-state index is 9.77. The Kier molecular flexibility index (Phi) is 4.81. The van der Waals surface area contributed by atoms with Crippen molar-refractivity contribution in [3.63, 3.8) is 0 Å². The van der Waals surface area contributed by atoms with Crippen LogP contribution in [0.15, 0.2) is 24.3 Å². The highest BCUT2D eigenvalue weighted by molar-refractivity contribution is 5.33. The minimum absolute atomic E-state index is 0.274. The van der Waals surface area contributed by atoms with Gasteiger partial charge in [-0.1, -0.05) is 32.0 Å². The van der Waals surface area contributed by atoms with Crippen LogP contribution in [-0.2, 0) is 6.42 Å². The van der Waals surface area contributed by atoms with Crippen LogP contribution in [0.4, 0.5) is 0 Å². The molecule has 0 aliphatic carbocycles. The predicted molar refractivity (Wildman–Crippen MR) is 66.7 cm³/mol. The quantitative estimate of drug-likeness (QED) is 0.830. The zero-order valence-electron chi connectivity index (χ0n) is 10.6. The molecule has 0 saturated heterocycles. The van der Waals surface area contributed by atoms with Crippen LogP contribution in [0.3, 0.4) is 0 Å². The molecule has 90 valence electrons. The molecule has 0 saturated carbocycles. The van der Waals surface area contributed by atoms with Crippen LogP contribution in [0.25, 0.3) is 0 Å². The highest BCUT2D eigenvalue weighted by Gasteiger charge is 2.20. The summed E-state index contributed by atoms with van der Waals surface area (Å²) in [4.78, 5) is 0. The third-order valence-electron chi connectivity index (χ3n) is 3.12. The van der Waals surface area contributed by atoms with Crippen molar-refractivity contribution in [1.82, 2.24) is 0 Å². The van der Waals surface area contributed by atoms with Gasteiger partial charge in [0.25, 0.3) is 0 Å². The van der Waals surface area contributed by atoms with E-state index in [4.69, 9.17) is 4.74 Å². The van der Waals surface area contributed by atoms with Crippen molar-refractivity contribution in [1.29, 1.82) is 0 Å². The fraction of sp³-hybridized carbons (Fsp3) is 0.571. The number of methoxy groups -OCH3 is 1. The van der Waals surface area contributed by atoms with Crippen molar-refractivity contribution >= 4 is 0 Å². The zero-order valence-corrected chi connectivity index (χ0v) is 10.6. The van der Waals surface area contributed by atoms with Crippen molar-refractivity contribution in [3.05, 3.63) is 29.8 Å². The summed E-state index contributed by atoms with van der Waals surface area (Å²) in [5.74, 6) is 1.65. The van der Waals surface area contributed by atoms with E-state index >= 15 is 0 Å². The molecule has 2 nitrogen and oxygen atoms in total. The van der Waals surface area contributed by atoms with E-state index in [1.165, 1.54) is 5.56 Å². The highest BCUT2D eigenvalue weighted by atomic mass is 16.5. The summed E-state index contributed by atoms with van der Waals surface area (Å²) < 4.78 is 5.32. The molecule has 0 radical (unpaired) electrons. The summed E-state index contributed by atoms with van der Waals surface area (Å²) >= 11 is 0. The lowest BCUT2D eigenvalue weighted by Gasteiger charge is -2.24. The summed E-state index contributed by atoms with van der Waals surface area (Å²) in [5.41, 5.74) is 1.17. The fourth-order valence-corrected chi connectivity index (χ4v) is 2.09. The van der Waals surface area contributed by atoms with Crippen LogP contribution in [0, 0.1) is 11.8 Å². The van der Waals surface area contributed by atoms with Gasteiger partial charge in [-0.25, -0.2) is 0 Å². The molecule has 0 bridgehead atoms. The van der Waals surface area contributed by atoms with Crippen LogP contribution in [0.2, 0.25) is 0 Å². The number of rotatable bonds is 5. The largest absolute Gasteiger partial charge is 0.496 e. The lowest BCUT2D eigenvalue weighted by molar-refractivity contribution is 0.0973. The van der Waals surface area contributed by atoms with E-state index in [0.29, 0.717) is 5.92 Å². The van der Waals surface area contributed by atoms with Gasteiger partial charge >= 0.3 is 0 Å². The Balaban J connectivity index is 2.85. The minimum atomic E-state index is -0.287. The molecule has 1 aromatic rings. The number of hydrogen-bond acceptors (Lipinski definition) is 2. The Morgan fingerprint density at radius 1 is 1.19 bits per heavy atom. The summed E-state index contributed by atoms with van der Waals surface area (Å²) in [6, 6.07) is 8.01. The van der Waals surface area contributed by atoms with E-state index in [1.807, 2.05) is 25.1 Å². The van der Waals surface area contributed by atoms with Crippen molar-refractivity contribution in [2.24, 2.45) is 11.8 Å². The first-order valence-corrected chi connectivity index (χ1v) is 5.86. The number of ether oxygens (including phenoxy) is 1. The van der Waals surface area contributed by atoms with Gasteiger partial charge in [-0.3, -0.25) is 0 Å². The molecule has 0 amide bonds. The molecule has 1 N–H and O–H groups in total. The summed E-state index contributed by atoms with van der Waals surface area (Å²) in [7, 11) is 1.69. The van der Waals surface area contributed by atoms with E-state index in [-0.39, 0.29) is 12.0 Å². The molecule has 0 aliphatic heterocycles. The second kappa shape index (κ2) is 5.90. The van der Waals surface area contributed by atoms with Crippen LogP contribution in [0.5, 0.6) is 5.75 Å². The molecule has 0 aromatic heterocycles. The molecule has 2 atom stereocenters. The van der Waals surface area contributed by atoms with E-state index in [1.54, 1.807) is 7.11 Å². The number of para-hydroxylation sites is 1. The Hall–Kier alpha value is -1.02. The maximum Gasteiger partial charge on any atom is 0.122 e. The molecule has 2 heteroatoms. The van der Waals surface area contributed by atoms with Crippen LogP contribution < -0.4 is 4.74 Å². The first kappa shape index (κ1) is 13.0. The highest BCUT2D eigenvalue weighted by Crippen LogP contribution is 2.26. The van der Waals surface area contributed by atoms with E-state index in [9.17, 15) is 5.11 Å². The summed E-state index contributed by atoms with van der Waals surface area (Å²) in [5, 5.41) is 9.77. The maximum absolute atomic E-state index is 9.77. The van der Waals surface area contributed by atoms with Crippen molar-refractivity contribution in [2.75, 3.05) is 7.11 Å². The van der Waals surface area contributed by atoms with Gasteiger partial charge in [0.15, 0.2) is 0 Å². The van der Waals surface area contributed by atoms with Gasteiger partial charge in [-0.15, -0.1) is 0 Å². The van der Waals surface area contributed by atoms with E-state index in [0.717, 1.165) is 12.2 Å². The molecule has 0 aliphatic rings. The standard InChI is InChI=1S/C14H22O2/c1-10(2)13(11(3)15)9-12-7-5-6-8-14(12)16-4/h5-8,10-11,13,15H,9H2,1-4H3. The smallest absolute Gasteiger partial charge is 0.122 e. The zero-order chi connectivity index (χ0) is 12.1. The molecule has 2 unspecified atom stereocenters. The van der Waals surface area contributed by atoms with E-state index < -0.39 is 0 Å². The molecule has 1 aromatic carbocycles. The SMILES string of the molecule is COc1ccccc1CC(C(C)C)C(C)O. The molecule has 0 heterocycles. The second-order valence-corrected chi connectivity index (χ2v) is 4.66. The average Bonchev–Trinajstić information content (AvgIpc) is 2.25. The minimum Gasteiger partial charge on any atom is -0.496 e. The number of hydrogen-bond donors (Lipinski definition) is 1. The van der Waals surface area contributed by atoms with Gasteiger partial charge < -0.3 is 9.84 Å². The Labute approximate surface area is 98.3 Å². The number of benzene rings is 1.